The standard InChI is InChI=1S/C21H31N3O/c1-4-12-24(13-5-1)20-16(7-6-11-22-20)15-23-18-17-8-14-25-19(17)21(18)9-2-3-10-21/h6-7,11,17-19,23H,1-5,8-10,12-15H2/t17-,18-,19-/m1/s1. The fraction of sp³-hybridized carbons (Fsp3) is 0.762. The predicted octanol–water partition coefficient (Wildman–Crippen LogP) is 3.51. The maximum atomic E-state index is 6.13. The van der Waals surface area contributed by atoms with Crippen LogP contribution in [0, 0.1) is 11.3 Å². The Balaban J connectivity index is 1.31. The maximum Gasteiger partial charge on any atom is 0.133 e. The number of aromatic nitrogens is 1. The number of anilines is 1. The third-order valence-corrected chi connectivity index (χ3v) is 7.32. The number of nitrogens with one attached hydrogen (secondary N) is 1. The van der Waals surface area contributed by atoms with Crippen LogP contribution in [0.5, 0.6) is 0 Å². The fourth-order valence-corrected chi connectivity index (χ4v) is 6.19. The largest absolute Gasteiger partial charge is 0.377 e. The highest BCUT2D eigenvalue weighted by atomic mass is 16.5. The van der Waals surface area contributed by atoms with Crippen molar-refractivity contribution in [1.29, 1.82) is 0 Å². The second kappa shape index (κ2) is 6.55. The van der Waals surface area contributed by atoms with Crippen molar-refractivity contribution in [3.05, 3.63) is 23.9 Å². The molecule has 4 fully saturated rings. The van der Waals surface area contributed by atoms with Gasteiger partial charge in [-0.3, -0.25) is 0 Å². The van der Waals surface area contributed by atoms with Gasteiger partial charge in [0.1, 0.15) is 5.82 Å². The molecule has 4 nitrogen and oxygen atoms in total. The molecule has 1 spiro atoms. The number of rotatable bonds is 4. The molecule has 1 aromatic rings. The first kappa shape index (κ1) is 16.1. The zero-order chi connectivity index (χ0) is 16.7. The molecule has 0 radical (unpaired) electrons. The van der Waals surface area contributed by atoms with Crippen molar-refractivity contribution in [3.63, 3.8) is 0 Å². The van der Waals surface area contributed by atoms with E-state index in [1.807, 2.05) is 6.20 Å². The number of hydrogen-bond donors (Lipinski definition) is 1. The van der Waals surface area contributed by atoms with Crippen LogP contribution in [-0.2, 0) is 11.3 Å². The van der Waals surface area contributed by atoms with Crippen molar-refractivity contribution < 1.29 is 4.74 Å². The first-order valence-electron chi connectivity index (χ1n) is 10.4. The highest BCUT2D eigenvalue weighted by Gasteiger charge is 2.64. The van der Waals surface area contributed by atoms with Crippen LogP contribution < -0.4 is 10.2 Å². The molecular weight excluding hydrogens is 310 g/mol. The number of fused-ring (bicyclic) bond motifs is 2. The lowest BCUT2D eigenvalue weighted by Gasteiger charge is -2.57. The van der Waals surface area contributed by atoms with Gasteiger partial charge in [-0.05, 0) is 44.6 Å². The first-order valence-corrected chi connectivity index (χ1v) is 10.4. The Morgan fingerprint density at radius 2 is 2.00 bits per heavy atom. The van der Waals surface area contributed by atoms with Crippen LogP contribution in [-0.4, -0.2) is 36.8 Å². The summed E-state index contributed by atoms with van der Waals surface area (Å²) in [5, 5.41) is 3.97. The molecule has 0 bridgehead atoms. The van der Waals surface area contributed by atoms with E-state index in [-0.39, 0.29) is 0 Å². The van der Waals surface area contributed by atoms with Crippen molar-refractivity contribution in [3.8, 4) is 0 Å². The van der Waals surface area contributed by atoms with E-state index in [0.717, 1.165) is 32.2 Å². The van der Waals surface area contributed by atoms with Gasteiger partial charge < -0.3 is 15.0 Å². The number of pyridine rings is 1. The summed E-state index contributed by atoms with van der Waals surface area (Å²) in [5.74, 6) is 1.96. The highest BCUT2D eigenvalue weighted by molar-refractivity contribution is 5.47. The van der Waals surface area contributed by atoms with Crippen LogP contribution in [0.1, 0.15) is 56.9 Å². The molecule has 2 aliphatic heterocycles. The summed E-state index contributed by atoms with van der Waals surface area (Å²) >= 11 is 0. The van der Waals surface area contributed by atoms with E-state index in [1.54, 1.807) is 0 Å². The van der Waals surface area contributed by atoms with Gasteiger partial charge in [-0.25, -0.2) is 4.98 Å². The van der Waals surface area contributed by atoms with Crippen molar-refractivity contribution in [2.45, 2.75) is 70.1 Å². The molecule has 2 saturated heterocycles. The van der Waals surface area contributed by atoms with Crippen LogP contribution in [0.15, 0.2) is 18.3 Å². The van der Waals surface area contributed by atoms with Crippen LogP contribution in [0.2, 0.25) is 0 Å². The SMILES string of the molecule is c1cnc(N2CCCCC2)c(CN[C@@H]2[C@H]3CCO[C@H]3C23CCCC3)c1. The maximum absolute atomic E-state index is 6.13. The summed E-state index contributed by atoms with van der Waals surface area (Å²) in [6, 6.07) is 5.02. The minimum absolute atomic E-state index is 0.439. The minimum atomic E-state index is 0.439. The monoisotopic (exact) mass is 341 g/mol. The van der Waals surface area contributed by atoms with Gasteiger partial charge in [-0.15, -0.1) is 0 Å². The van der Waals surface area contributed by atoms with Gasteiger partial charge in [0.15, 0.2) is 0 Å². The van der Waals surface area contributed by atoms with Gasteiger partial charge >= 0.3 is 0 Å². The molecule has 1 aromatic heterocycles. The van der Waals surface area contributed by atoms with Gasteiger partial charge in [-0.1, -0.05) is 18.9 Å². The lowest BCUT2D eigenvalue weighted by atomic mass is 9.54. The Morgan fingerprint density at radius 1 is 1.16 bits per heavy atom. The molecule has 0 amide bonds. The van der Waals surface area contributed by atoms with Gasteiger partial charge in [0.25, 0.3) is 0 Å². The second-order valence-electron chi connectivity index (χ2n) is 8.58. The number of ether oxygens (including phenoxy) is 1. The van der Waals surface area contributed by atoms with Crippen LogP contribution in [0.25, 0.3) is 0 Å². The fourth-order valence-electron chi connectivity index (χ4n) is 6.19. The lowest BCUT2D eigenvalue weighted by Crippen LogP contribution is -2.67. The van der Waals surface area contributed by atoms with Crippen molar-refractivity contribution >= 4 is 5.82 Å². The molecule has 2 saturated carbocycles. The second-order valence-corrected chi connectivity index (χ2v) is 8.58. The highest BCUT2D eigenvalue weighted by Crippen LogP contribution is 2.60. The van der Waals surface area contributed by atoms with Gasteiger partial charge in [0, 0.05) is 55.4 Å². The van der Waals surface area contributed by atoms with Crippen molar-refractivity contribution in [2.75, 3.05) is 24.6 Å². The number of nitrogens with zero attached hydrogens (tertiary/aromatic N) is 2. The summed E-state index contributed by atoms with van der Waals surface area (Å²) < 4.78 is 6.13. The van der Waals surface area contributed by atoms with E-state index in [0.29, 0.717) is 17.6 Å². The molecule has 1 N–H and O–H groups in total. The molecule has 25 heavy (non-hydrogen) atoms. The van der Waals surface area contributed by atoms with Crippen LogP contribution in [0.3, 0.4) is 0 Å². The van der Waals surface area contributed by atoms with Crippen LogP contribution in [0.4, 0.5) is 5.82 Å². The molecule has 4 aliphatic rings. The molecule has 0 unspecified atom stereocenters. The average molecular weight is 341 g/mol. The van der Waals surface area contributed by atoms with Gasteiger partial charge in [-0.2, -0.15) is 0 Å². The van der Waals surface area contributed by atoms with E-state index in [4.69, 9.17) is 9.72 Å². The smallest absolute Gasteiger partial charge is 0.133 e. The van der Waals surface area contributed by atoms with E-state index in [9.17, 15) is 0 Å². The predicted molar refractivity (Wildman–Crippen MR) is 99.7 cm³/mol. The van der Waals surface area contributed by atoms with E-state index >= 15 is 0 Å². The Hall–Kier alpha value is -1.13. The summed E-state index contributed by atoms with van der Waals surface area (Å²) in [6.45, 7) is 4.25. The molecule has 0 aromatic carbocycles. The van der Waals surface area contributed by atoms with E-state index in [1.165, 1.54) is 62.7 Å². The van der Waals surface area contributed by atoms with Crippen LogP contribution >= 0.6 is 0 Å². The normalized spacial score (nSPS) is 33.4. The van der Waals surface area contributed by atoms with Gasteiger partial charge in [0.2, 0.25) is 0 Å². The van der Waals surface area contributed by atoms with Gasteiger partial charge in [0.05, 0.1) is 6.10 Å². The quantitative estimate of drug-likeness (QED) is 0.909. The molecule has 5 rings (SSSR count). The molecule has 2 aliphatic carbocycles. The topological polar surface area (TPSA) is 37.4 Å². The molecule has 136 valence electrons. The Kier molecular flexibility index (Phi) is 4.21. The van der Waals surface area contributed by atoms with E-state index in [2.05, 4.69) is 22.3 Å². The molecular formula is C21H31N3O. The summed E-state index contributed by atoms with van der Waals surface area (Å²) in [6.07, 6.45) is 13.2. The Bertz CT molecular complexity index is 607. The first-order chi connectivity index (χ1) is 12.4. The number of hydrogen-bond acceptors (Lipinski definition) is 4. The Morgan fingerprint density at radius 3 is 2.84 bits per heavy atom. The van der Waals surface area contributed by atoms with Crippen molar-refractivity contribution in [1.82, 2.24) is 10.3 Å². The summed E-state index contributed by atoms with van der Waals surface area (Å²) in [5.41, 5.74) is 1.81. The zero-order valence-electron chi connectivity index (χ0n) is 15.3. The summed E-state index contributed by atoms with van der Waals surface area (Å²) in [4.78, 5) is 7.24. The molecule has 3 heterocycles. The number of piperidine rings is 1. The third kappa shape index (κ3) is 2.60. The minimum Gasteiger partial charge on any atom is -0.377 e. The third-order valence-electron chi connectivity index (χ3n) is 7.32. The molecule has 4 heteroatoms. The lowest BCUT2D eigenvalue weighted by molar-refractivity contribution is -0.130. The zero-order valence-corrected chi connectivity index (χ0v) is 15.3. The Labute approximate surface area is 151 Å². The summed E-state index contributed by atoms with van der Waals surface area (Å²) in [7, 11) is 0. The molecule has 3 atom stereocenters. The van der Waals surface area contributed by atoms with Crippen molar-refractivity contribution in [2.24, 2.45) is 11.3 Å². The average Bonchev–Trinajstić information content (AvgIpc) is 3.32. The van der Waals surface area contributed by atoms with E-state index < -0.39 is 0 Å².